The van der Waals surface area contributed by atoms with Gasteiger partial charge < -0.3 is 10.1 Å². The van der Waals surface area contributed by atoms with E-state index in [9.17, 15) is 22.8 Å². The first-order valence-corrected chi connectivity index (χ1v) is 8.87. The second-order valence-electron chi connectivity index (χ2n) is 6.50. The van der Waals surface area contributed by atoms with Gasteiger partial charge in [-0.1, -0.05) is 0 Å². The van der Waals surface area contributed by atoms with Gasteiger partial charge in [-0.3, -0.25) is 14.2 Å². The minimum atomic E-state index is -4.46. The van der Waals surface area contributed by atoms with Crippen LogP contribution in [0.2, 0.25) is 0 Å². The minimum Gasteiger partial charge on any atom is -0.497 e. The highest BCUT2D eigenvalue weighted by molar-refractivity contribution is 5.90. The number of rotatable bonds is 5. The molecule has 3 aromatic rings. The van der Waals surface area contributed by atoms with E-state index < -0.39 is 23.2 Å². The van der Waals surface area contributed by atoms with Gasteiger partial charge in [-0.2, -0.15) is 13.2 Å². The fourth-order valence-corrected chi connectivity index (χ4v) is 2.82. The molecule has 0 spiro atoms. The largest absolute Gasteiger partial charge is 0.497 e. The summed E-state index contributed by atoms with van der Waals surface area (Å²) in [6.45, 7) is 1.32. The Morgan fingerprint density at radius 3 is 2.30 bits per heavy atom. The van der Waals surface area contributed by atoms with Gasteiger partial charge in [0, 0.05) is 23.0 Å². The Morgan fingerprint density at radius 2 is 1.73 bits per heavy atom. The summed E-state index contributed by atoms with van der Waals surface area (Å²) in [5, 5.41) is 2.49. The molecule has 0 saturated heterocycles. The average molecular weight is 417 g/mol. The predicted octanol–water partition coefficient (Wildman–Crippen LogP) is 3.88. The van der Waals surface area contributed by atoms with Crippen molar-refractivity contribution in [2.75, 3.05) is 12.4 Å². The van der Waals surface area contributed by atoms with Gasteiger partial charge in [0.1, 0.15) is 18.1 Å². The number of carbonyl (C=O) groups is 1. The van der Waals surface area contributed by atoms with Crippen LogP contribution in [-0.4, -0.2) is 22.6 Å². The molecule has 0 bridgehead atoms. The van der Waals surface area contributed by atoms with Crippen molar-refractivity contribution in [3.8, 4) is 17.1 Å². The lowest BCUT2D eigenvalue weighted by Crippen LogP contribution is -2.29. The van der Waals surface area contributed by atoms with Crippen LogP contribution in [0.4, 0.5) is 18.9 Å². The van der Waals surface area contributed by atoms with Crippen LogP contribution in [0, 0.1) is 6.92 Å². The van der Waals surface area contributed by atoms with Gasteiger partial charge in [0.2, 0.25) is 5.91 Å². The molecule has 0 aliphatic carbocycles. The summed E-state index contributed by atoms with van der Waals surface area (Å²) in [5.74, 6) is 0.350. The Labute approximate surface area is 170 Å². The Bertz CT molecular complexity index is 1110. The van der Waals surface area contributed by atoms with Crippen LogP contribution in [0.5, 0.6) is 5.75 Å². The number of ether oxygens (including phenoxy) is 1. The fraction of sp³-hybridized carbons (Fsp3) is 0.190. The summed E-state index contributed by atoms with van der Waals surface area (Å²) in [6, 6.07) is 12.2. The first-order valence-electron chi connectivity index (χ1n) is 8.87. The van der Waals surface area contributed by atoms with Gasteiger partial charge in [0.05, 0.1) is 12.7 Å². The van der Waals surface area contributed by atoms with Crippen molar-refractivity contribution >= 4 is 11.6 Å². The molecule has 1 amide bonds. The van der Waals surface area contributed by atoms with E-state index in [1.807, 2.05) is 0 Å². The topological polar surface area (TPSA) is 73.2 Å². The zero-order chi connectivity index (χ0) is 21.9. The number of aromatic nitrogens is 2. The van der Waals surface area contributed by atoms with E-state index in [-0.39, 0.29) is 12.2 Å². The van der Waals surface area contributed by atoms with Crippen LogP contribution < -0.4 is 15.6 Å². The molecule has 0 saturated carbocycles. The maximum atomic E-state index is 12.7. The van der Waals surface area contributed by atoms with Crippen molar-refractivity contribution in [3.05, 3.63) is 76.2 Å². The molecule has 0 aliphatic heterocycles. The van der Waals surface area contributed by atoms with Crippen molar-refractivity contribution in [1.29, 1.82) is 0 Å². The number of anilines is 1. The number of halogens is 3. The number of aryl methyl sites for hydroxylation is 1. The highest BCUT2D eigenvalue weighted by Crippen LogP contribution is 2.29. The average Bonchev–Trinajstić information content (AvgIpc) is 2.69. The molecule has 1 N–H and O–H groups in total. The van der Waals surface area contributed by atoms with Gasteiger partial charge in [-0.15, -0.1) is 0 Å². The monoisotopic (exact) mass is 417 g/mol. The quantitative estimate of drug-likeness (QED) is 0.684. The normalized spacial score (nSPS) is 11.2. The second-order valence-corrected chi connectivity index (χ2v) is 6.50. The molecule has 30 heavy (non-hydrogen) atoms. The Hall–Kier alpha value is -3.62. The number of hydrogen-bond acceptors (Lipinski definition) is 4. The molecule has 0 unspecified atom stereocenters. The van der Waals surface area contributed by atoms with Crippen LogP contribution in [-0.2, 0) is 17.5 Å². The summed E-state index contributed by atoms with van der Waals surface area (Å²) in [6.07, 6.45) is -4.46. The van der Waals surface area contributed by atoms with E-state index in [2.05, 4.69) is 10.3 Å². The highest BCUT2D eigenvalue weighted by atomic mass is 19.4. The van der Waals surface area contributed by atoms with E-state index in [4.69, 9.17) is 4.74 Å². The molecule has 0 aliphatic rings. The molecule has 0 radical (unpaired) electrons. The third kappa shape index (κ3) is 4.86. The van der Waals surface area contributed by atoms with Crippen molar-refractivity contribution in [1.82, 2.24) is 9.55 Å². The van der Waals surface area contributed by atoms with E-state index in [0.717, 1.165) is 24.3 Å². The summed E-state index contributed by atoms with van der Waals surface area (Å²) < 4.78 is 44.3. The third-order valence-electron chi connectivity index (χ3n) is 4.28. The lowest BCUT2D eigenvalue weighted by molar-refractivity contribution is -0.137. The summed E-state index contributed by atoms with van der Waals surface area (Å²) >= 11 is 0. The van der Waals surface area contributed by atoms with Crippen LogP contribution in [0.3, 0.4) is 0 Å². The SMILES string of the molecule is COc1ccc(-c2nc(C)cc(=O)n2CC(=O)Nc2ccc(C(F)(F)F)cc2)cc1. The van der Waals surface area contributed by atoms with Crippen molar-refractivity contribution in [3.63, 3.8) is 0 Å². The maximum Gasteiger partial charge on any atom is 0.416 e. The Balaban J connectivity index is 1.85. The maximum absolute atomic E-state index is 12.7. The van der Waals surface area contributed by atoms with Crippen molar-refractivity contribution in [2.24, 2.45) is 0 Å². The van der Waals surface area contributed by atoms with E-state index in [1.165, 1.54) is 17.7 Å². The Kier molecular flexibility index (Phi) is 5.91. The van der Waals surface area contributed by atoms with E-state index >= 15 is 0 Å². The predicted molar refractivity (Wildman–Crippen MR) is 105 cm³/mol. The van der Waals surface area contributed by atoms with Crippen LogP contribution >= 0.6 is 0 Å². The lowest BCUT2D eigenvalue weighted by atomic mass is 10.2. The second kappa shape index (κ2) is 8.40. The van der Waals surface area contributed by atoms with Crippen molar-refractivity contribution in [2.45, 2.75) is 19.6 Å². The van der Waals surface area contributed by atoms with Gasteiger partial charge in [0.25, 0.3) is 5.56 Å². The smallest absolute Gasteiger partial charge is 0.416 e. The molecule has 0 atom stereocenters. The molecule has 156 valence electrons. The molecular formula is C21H18F3N3O3. The molecule has 3 rings (SSSR count). The van der Waals surface area contributed by atoms with Gasteiger partial charge in [-0.25, -0.2) is 4.98 Å². The lowest BCUT2D eigenvalue weighted by Gasteiger charge is -2.14. The number of nitrogens with zero attached hydrogens (tertiary/aromatic N) is 2. The minimum absolute atomic E-state index is 0.187. The van der Waals surface area contributed by atoms with Crippen molar-refractivity contribution < 1.29 is 22.7 Å². The molecule has 9 heteroatoms. The number of amides is 1. The molecule has 6 nitrogen and oxygen atoms in total. The first kappa shape index (κ1) is 21.1. The number of nitrogens with one attached hydrogen (secondary N) is 1. The molecular weight excluding hydrogens is 399 g/mol. The van der Waals surface area contributed by atoms with Crippen LogP contribution in [0.25, 0.3) is 11.4 Å². The van der Waals surface area contributed by atoms with Crippen LogP contribution in [0.1, 0.15) is 11.3 Å². The standard InChI is InChI=1S/C21H18F3N3O3/c1-13-11-19(29)27(20(25-13)14-3-9-17(30-2)10-4-14)12-18(28)26-16-7-5-15(6-8-16)21(22,23)24/h3-11H,12H2,1-2H3,(H,26,28). The number of carbonyl (C=O) groups excluding carboxylic acids is 1. The van der Waals surface area contributed by atoms with Gasteiger partial charge >= 0.3 is 6.18 Å². The third-order valence-corrected chi connectivity index (χ3v) is 4.28. The summed E-state index contributed by atoms with van der Waals surface area (Å²) in [4.78, 5) is 29.3. The number of alkyl halides is 3. The zero-order valence-electron chi connectivity index (χ0n) is 16.2. The summed E-state index contributed by atoms with van der Waals surface area (Å²) in [7, 11) is 1.53. The highest BCUT2D eigenvalue weighted by Gasteiger charge is 2.30. The fourth-order valence-electron chi connectivity index (χ4n) is 2.82. The Morgan fingerprint density at radius 1 is 1.10 bits per heavy atom. The molecule has 1 heterocycles. The summed E-state index contributed by atoms with van der Waals surface area (Å²) in [5.41, 5.74) is 0.0494. The number of hydrogen-bond donors (Lipinski definition) is 1. The van der Waals surface area contributed by atoms with Gasteiger partial charge in [-0.05, 0) is 55.5 Å². The van der Waals surface area contributed by atoms with Crippen LogP contribution in [0.15, 0.2) is 59.4 Å². The molecule has 1 aromatic heterocycles. The first-order chi connectivity index (χ1) is 14.2. The zero-order valence-corrected chi connectivity index (χ0v) is 16.2. The van der Waals surface area contributed by atoms with E-state index in [0.29, 0.717) is 22.8 Å². The molecule has 0 fully saturated rings. The number of methoxy groups -OCH3 is 1. The van der Waals surface area contributed by atoms with Gasteiger partial charge in [0.15, 0.2) is 0 Å². The molecule has 2 aromatic carbocycles. The van der Waals surface area contributed by atoms with E-state index in [1.54, 1.807) is 31.2 Å². The number of benzene rings is 2.